The zero-order valence-corrected chi connectivity index (χ0v) is 16.0. The average Bonchev–Trinajstić information content (AvgIpc) is 2.60. The van der Waals surface area contributed by atoms with E-state index < -0.39 is 0 Å². The molecule has 2 aromatic carbocycles. The van der Waals surface area contributed by atoms with Gasteiger partial charge >= 0.3 is 0 Å². The molecule has 26 heavy (non-hydrogen) atoms. The molecule has 0 spiro atoms. The van der Waals surface area contributed by atoms with Crippen LogP contribution in [0.25, 0.3) is 0 Å². The first-order valence-electron chi connectivity index (χ1n) is 7.75. The Morgan fingerprint density at radius 3 is 1.38 bits per heavy atom. The average molecular weight is 410 g/mol. The molecule has 0 aliphatic rings. The zero-order valence-electron chi connectivity index (χ0n) is 15.1. The third-order valence-electron chi connectivity index (χ3n) is 3.09. The molecule has 0 unspecified atom stereocenters. The summed E-state index contributed by atoms with van der Waals surface area (Å²) in [4.78, 5) is 20.4. The number of nitrogens with two attached hydrogens (primary N) is 2. The Hall–Kier alpha value is -2.18. The van der Waals surface area contributed by atoms with Gasteiger partial charge in [-0.1, -0.05) is 30.2 Å². The van der Waals surface area contributed by atoms with Crippen LogP contribution in [0, 0.1) is 13.8 Å². The van der Waals surface area contributed by atoms with Crippen molar-refractivity contribution >= 4 is 12.6 Å². The Kier molecular flexibility index (Phi) is 14.1. The number of aryl methyl sites for hydroxylation is 2. The summed E-state index contributed by atoms with van der Waals surface area (Å²) in [5.74, 6) is 0.0844. The van der Waals surface area contributed by atoms with Crippen molar-refractivity contribution in [3.63, 3.8) is 0 Å². The van der Waals surface area contributed by atoms with Gasteiger partial charge in [-0.25, -0.2) is 0 Å². The molecule has 2 rings (SSSR count). The number of aromatic hydroxyl groups is 2. The number of rotatable bonds is 3. The van der Waals surface area contributed by atoms with Crippen LogP contribution < -0.4 is 11.5 Å². The molecule has 0 bridgehead atoms. The minimum Gasteiger partial charge on any atom is -0.507 e. The standard InChI is InChI=1S/2C8H8O2.C3H10N2.Cu/c2*1-6-2-3-8(10)7(4-6)5-9;1-2-3(4)5;/h2*2-5,10H,1H3;3H,2,4-5H2,1H3;. The van der Waals surface area contributed by atoms with E-state index in [1.54, 1.807) is 24.3 Å². The number of benzene rings is 2. The number of carbonyl (C=O) groups is 2. The number of aldehydes is 2. The molecule has 2 aromatic rings. The maximum atomic E-state index is 10.2. The van der Waals surface area contributed by atoms with Gasteiger partial charge in [0, 0.05) is 17.1 Å². The summed E-state index contributed by atoms with van der Waals surface area (Å²) >= 11 is 0. The van der Waals surface area contributed by atoms with Gasteiger partial charge in [-0.05, 0) is 44.5 Å². The molecule has 1 radical (unpaired) electrons. The largest absolute Gasteiger partial charge is 0.507 e. The Morgan fingerprint density at radius 2 is 1.19 bits per heavy atom. The molecule has 7 heteroatoms. The van der Waals surface area contributed by atoms with Gasteiger partial charge in [-0.15, -0.1) is 0 Å². The van der Waals surface area contributed by atoms with Gasteiger partial charge in [-0.3, -0.25) is 9.59 Å². The van der Waals surface area contributed by atoms with Crippen LogP contribution in [0.3, 0.4) is 0 Å². The molecule has 0 fully saturated rings. The van der Waals surface area contributed by atoms with Crippen molar-refractivity contribution < 1.29 is 36.9 Å². The van der Waals surface area contributed by atoms with E-state index in [9.17, 15) is 9.59 Å². The van der Waals surface area contributed by atoms with Gasteiger partial charge in [0.05, 0.1) is 17.3 Å². The number of hydrogen-bond donors (Lipinski definition) is 4. The van der Waals surface area contributed by atoms with E-state index in [4.69, 9.17) is 21.7 Å². The molecular formula is C19H26CuN2O4. The molecule has 0 heterocycles. The summed E-state index contributed by atoms with van der Waals surface area (Å²) < 4.78 is 0. The van der Waals surface area contributed by atoms with Gasteiger partial charge in [0.25, 0.3) is 0 Å². The molecule has 0 aromatic heterocycles. The summed E-state index contributed by atoms with van der Waals surface area (Å²) in [5, 5.41) is 18.0. The zero-order chi connectivity index (χ0) is 19.4. The first-order chi connectivity index (χ1) is 11.7. The maximum absolute atomic E-state index is 10.2. The number of hydrogen-bond acceptors (Lipinski definition) is 6. The maximum Gasteiger partial charge on any atom is 0.153 e. The predicted molar refractivity (Wildman–Crippen MR) is 98.9 cm³/mol. The molecule has 147 valence electrons. The Labute approximate surface area is 164 Å². The molecule has 6 N–H and O–H groups in total. The Balaban J connectivity index is 0. The summed E-state index contributed by atoms with van der Waals surface area (Å²) in [6.45, 7) is 5.68. The molecular weight excluding hydrogens is 384 g/mol. The second-order valence-corrected chi connectivity index (χ2v) is 5.43. The van der Waals surface area contributed by atoms with E-state index in [1.165, 1.54) is 12.1 Å². The van der Waals surface area contributed by atoms with E-state index in [1.807, 2.05) is 20.8 Å². The minimum absolute atomic E-state index is 0. The fourth-order valence-corrected chi connectivity index (χ4v) is 1.54. The van der Waals surface area contributed by atoms with Crippen LogP contribution in [-0.2, 0) is 17.1 Å². The van der Waals surface area contributed by atoms with Crippen molar-refractivity contribution in [3.05, 3.63) is 58.7 Å². The van der Waals surface area contributed by atoms with Gasteiger partial charge in [0.2, 0.25) is 0 Å². The van der Waals surface area contributed by atoms with E-state index in [0.29, 0.717) is 23.7 Å². The smallest absolute Gasteiger partial charge is 0.153 e. The normalized spacial score (nSPS) is 9.00. The first-order valence-corrected chi connectivity index (χ1v) is 7.75. The van der Waals surface area contributed by atoms with Crippen molar-refractivity contribution in [2.75, 3.05) is 0 Å². The fraction of sp³-hybridized carbons (Fsp3) is 0.263. The number of phenols is 2. The van der Waals surface area contributed by atoms with Crippen LogP contribution in [0.1, 0.15) is 45.2 Å². The molecule has 0 amide bonds. The van der Waals surface area contributed by atoms with Gasteiger partial charge in [0.15, 0.2) is 12.6 Å². The van der Waals surface area contributed by atoms with Crippen molar-refractivity contribution in [3.8, 4) is 11.5 Å². The second-order valence-electron chi connectivity index (χ2n) is 5.43. The summed E-state index contributed by atoms with van der Waals surface area (Å²) in [6, 6.07) is 9.81. The van der Waals surface area contributed by atoms with E-state index in [-0.39, 0.29) is 34.7 Å². The SMILES string of the molecule is CCC(N)N.Cc1ccc(O)c(C=O)c1.Cc1ccc(O)c(C=O)c1.[Cu]. The molecule has 6 nitrogen and oxygen atoms in total. The van der Waals surface area contributed by atoms with Crippen molar-refractivity contribution in [2.45, 2.75) is 33.4 Å². The van der Waals surface area contributed by atoms with Crippen molar-refractivity contribution in [1.82, 2.24) is 0 Å². The molecule has 0 atom stereocenters. The third kappa shape index (κ3) is 10.6. The predicted octanol–water partition coefficient (Wildman–Crippen LogP) is 2.66. The van der Waals surface area contributed by atoms with Gasteiger partial charge in [0.1, 0.15) is 11.5 Å². The van der Waals surface area contributed by atoms with E-state index >= 15 is 0 Å². The Morgan fingerprint density at radius 1 is 0.885 bits per heavy atom. The summed E-state index contributed by atoms with van der Waals surface area (Å²) in [6.07, 6.45) is 2.03. The second kappa shape index (κ2) is 14.0. The third-order valence-corrected chi connectivity index (χ3v) is 3.09. The van der Waals surface area contributed by atoms with E-state index in [0.717, 1.165) is 17.5 Å². The quantitative estimate of drug-likeness (QED) is 0.350. The van der Waals surface area contributed by atoms with Crippen molar-refractivity contribution in [1.29, 1.82) is 0 Å². The summed E-state index contributed by atoms with van der Waals surface area (Å²) in [7, 11) is 0. The molecule has 0 aliphatic carbocycles. The number of carbonyl (C=O) groups excluding carboxylic acids is 2. The topological polar surface area (TPSA) is 127 Å². The van der Waals surface area contributed by atoms with Crippen LogP contribution in [0.15, 0.2) is 36.4 Å². The van der Waals surface area contributed by atoms with Gasteiger partial charge in [-0.2, -0.15) is 0 Å². The summed E-state index contributed by atoms with van der Waals surface area (Å²) in [5.41, 5.74) is 12.8. The molecule has 0 saturated carbocycles. The van der Waals surface area contributed by atoms with Crippen LogP contribution >= 0.6 is 0 Å². The minimum atomic E-state index is -0.116. The van der Waals surface area contributed by atoms with Crippen LogP contribution in [-0.4, -0.2) is 29.0 Å². The first kappa shape index (κ1) is 26.1. The Bertz CT molecular complexity index is 636. The fourth-order valence-electron chi connectivity index (χ4n) is 1.54. The van der Waals surface area contributed by atoms with E-state index in [2.05, 4.69) is 0 Å². The van der Waals surface area contributed by atoms with Crippen LogP contribution in [0.2, 0.25) is 0 Å². The molecule has 0 saturated heterocycles. The monoisotopic (exact) mass is 409 g/mol. The van der Waals surface area contributed by atoms with Crippen LogP contribution in [0.5, 0.6) is 11.5 Å². The van der Waals surface area contributed by atoms with Gasteiger partial charge < -0.3 is 21.7 Å². The number of phenolic OH excluding ortho intramolecular Hbond substituents is 2. The van der Waals surface area contributed by atoms with Crippen LogP contribution in [0.4, 0.5) is 0 Å². The molecule has 0 aliphatic heterocycles. The van der Waals surface area contributed by atoms with Crippen molar-refractivity contribution in [2.24, 2.45) is 11.5 Å².